The molecule has 0 fully saturated rings. The van der Waals surface area contributed by atoms with Gasteiger partial charge in [-0.25, -0.2) is 13.8 Å². The van der Waals surface area contributed by atoms with Crippen LogP contribution in [-0.4, -0.2) is 16.6 Å². The zero-order valence-electron chi connectivity index (χ0n) is 14.0. The van der Waals surface area contributed by atoms with Crippen LogP contribution in [0.4, 0.5) is 8.78 Å². The molecular formula is C18H21ClF2N2O. The van der Waals surface area contributed by atoms with Crippen LogP contribution < -0.4 is 4.74 Å². The van der Waals surface area contributed by atoms with E-state index in [2.05, 4.69) is 30.7 Å². The molecule has 0 unspecified atom stereocenters. The van der Waals surface area contributed by atoms with Crippen LogP contribution in [0.15, 0.2) is 30.5 Å². The highest BCUT2D eigenvalue weighted by molar-refractivity contribution is 6.30. The summed E-state index contributed by atoms with van der Waals surface area (Å²) in [5.74, 6) is 1.52. The Hall–Kier alpha value is -1.75. The molecule has 24 heavy (non-hydrogen) atoms. The van der Waals surface area contributed by atoms with Gasteiger partial charge < -0.3 is 4.74 Å². The molecule has 2 rings (SSSR count). The van der Waals surface area contributed by atoms with Crippen molar-refractivity contribution in [1.82, 2.24) is 9.97 Å². The number of nitrogens with zero attached hydrogens (tertiary/aromatic N) is 2. The SMILES string of the molecule is CC(C)C[C@@H](C)COc1ccc(-c2ccnc(C(F)F)c2)nc1Cl. The summed E-state index contributed by atoms with van der Waals surface area (Å²) in [5.41, 5.74) is 0.766. The van der Waals surface area contributed by atoms with Crippen LogP contribution >= 0.6 is 11.6 Å². The van der Waals surface area contributed by atoms with Gasteiger partial charge in [-0.1, -0.05) is 32.4 Å². The van der Waals surface area contributed by atoms with E-state index < -0.39 is 6.43 Å². The van der Waals surface area contributed by atoms with Crippen LogP contribution in [0, 0.1) is 11.8 Å². The highest BCUT2D eigenvalue weighted by Gasteiger charge is 2.13. The normalized spacial score (nSPS) is 12.7. The Balaban J connectivity index is 2.11. The van der Waals surface area contributed by atoms with Gasteiger partial charge in [0.05, 0.1) is 12.3 Å². The van der Waals surface area contributed by atoms with E-state index in [1.165, 1.54) is 12.3 Å². The van der Waals surface area contributed by atoms with Gasteiger partial charge in [0.1, 0.15) is 5.69 Å². The molecule has 2 aromatic rings. The molecule has 3 nitrogen and oxygen atoms in total. The lowest BCUT2D eigenvalue weighted by atomic mass is 10.00. The number of rotatable bonds is 7. The summed E-state index contributed by atoms with van der Waals surface area (Å²) in [6, 6.07) is 6.36. The number of alkyl halides is 2. The minimum absolute atomic E-state index is 0.222. The first-order valence-corrected chi connectivity index (χ1v) is 8.28. The molecule has 1 atom stereocenters. The fourth-order valence-electron chi connectivity index (χ4n) is 2.52. The maximum absolute atomic E-state index is 12.7. The van der Waals surface area contributed by atoms with Crippen molar-refractivity contribution in [3.05, 3.63) is 41.3 Å². The molecule has 0 saturated heterocycles. The van der Waals surface area contributed by atoms with E-state index in [4.69, 9.17) is 16.3 Å². The van der Waals surface area contributed by atoms with Gasteiger partial charge >= 0.3 is 0 Å². The Morgan fingerprint density at radius 2 is 1.92 bits per heavy atom. The summed E-state index contributed by atoms with van der Waals surface area (Å²) >= 11 is 6.17. The maximum atomic E-state index is 12.7. The second kappa shape index (κ2) is 8.38. The number of halogens is 3. The molecule has 0 radical (unpaired) electrons. The molecule has 0 bridgehead atoms. The molecule has 0 spiro atoms. The van der Waals surface area contributed by atoms with E-state index in [0.29, 0.717) is 35.4 Å². The third-order valence-corrected chi connectivity index (χ3v) is 3.78. The smallest absolute Gasteiger partial charge is 0.280 e. The van der Waals surface area contributed by atoms with Crippen LogP contribution in [0.1, 0.15) is 39.3 Å². The van der Waals surface area contributed by atoms with Crippen molar-refractivity contribution >= 4 is 11.6 Å². The molecule has 130 valence electrons. The second-order valence-electron chi connectivity index (χ2n) is 6.30. The standard InChI is InChI=1S/C18H21ClF2N2O/c1-11(2)8-12(3)10-24-16-5-4-14(23-17(16)19)13-6-7-22-15(9-13)18(20)21/h4-7,9,11-12,18H,8,10H2,1-3H3/t12-/m1/s1. The minimum Gasteiger partial charge on any atom is -0.490 e. The van der Waals surface area contributed by atoms with Crippen LogP contribution in [0.25, 0.3) is 11.3 Å². The van der Waals surface area contributed by atoms with Crippen molar-refractivity contribution in [3.63, 3.8) is 0 Å². The summed E-state index contributed by atoms with van der Waals surface area (Å²) in [7, 11) is 0. The zero-order valence-corrected chi connectivity index (χ0v) is 14.7. The minimum atomic E-state index is -2.62. The van der Waals surface area contributed by atoms with Gasteiger partial charge in [0.15, 0.2) is 10.9 Å². The van der Waals surface area contributed by atoms with Gasteiger partial charge in [0.2, 0.25) is 0 Å². The van der Waals surface area contributed by atoms with E-state index in [0.717, 1.165) is 6.42 Å². The van der Waals surface area contributed by atoms with Crippen LogP contribution in [0.3, 0.4) is 0 Å². The van der Waals surface area contributed by atoms with Gasteiger partial charge in [-0.15, -0.1) is 0 Å². The molecule has 0 N–H and O–H groups in total. The Morgan fingerprint density at radius 3 is 2.54 bits per heavy atom. The lowest BCUT2D eigenvalue weighted by Gasteiger charge is -2.15. The van der Waals surface area contributed by atoms with Gasteiger partial charge in [-0.3, -0.25) is 4.98 Å². The number of ether oxygens (including phenoxy) is 1. The average Bonchev–Trinajstić information content (AvgIpc) is 2.53. The topological polar surface area (TPSA) is 35.0 Å². The van der Waals surface area contributed by atoms with E-state index in [1.807, 2.05) is 0 Å². The molecule has 0 aliphatic carbocycles. The predicted molar refractivity (Wildman–Crippen MR) is 91.5 cm³/mol. The van der Waals surface area contributed by atoms with Crippen LogP contribution in [0.2, 0.25) is 5.15 Å². The molecule has 0 saturated carbocycles. The largest absolute Gasteiger partial charge is 0.490 e. The zero-order chi connectivity index (χ0) is 17.7. The number of pyridine rings is 2. The molecular weight excluding hydrogens is 334 g/mol. The summed E-state index contributed by atoms with van der Waals surface area (Å²) in [6.45, 7) is 7.02. The Morgan fingerprint density at radius 1 is 1.17 bits per heavy atom. The monoisotopic (exact) mass is 354 g/mol. The van der Waals surface area contributed by atoms with Crippen molar-refractivity contribution in [2.24, 2.45) is 11.8 Å². The van der Waals surface area contributed by atoms with E-state index in [1.54, 1.807) is 18.2 Å². The van der Waals surface area contributed by atoms with Gasteiger partial charge in [0.25, 0.3) is 6.43 Å². The molecule has 2 aromatic heterocycles. The Bertz CT molecular complexity index is 680. The molecule has 0 aromatic carbocycles. The number of hydrogen-bond donors (Lipinski definition) is 0. The summed E-state index contributed by atoms with van der Waals surface area (Å²) in [4.78, 5) is 7.89. The van der Waals surface area contributed by atoms with Crippen molar-refractivity contribution < 1.29 is 13.5 Å². The van der Waals surface area contributed by atoms with Gasteiger partial charge in [0, 0.05) is 11.8 Å². The van der Waals surface area contributed by atoms with Crippen molar-refractivity contribution in [2.75, 3.05) is 6.61 Å². The lowest BCUT2D eigenvalue weighted by molar-refractivity contribution is 0.146. The van der Waals surface area contributed by atoms with E-state index in [-0.39, 0.29) is 10.8 Å². The molecule has 6 heteroatoms. The fourth-order valence-corrected chi connectivity index (χ4v) is 2.73. The lowest BCUT2D eigenvalue weighted by Crippen LogP contribution is -2.11. The third kappa shape index (κ3) is 5.13. The van der Waals surface area contributed by atoms with Crippen LogP contribution in [0.5, 0.6) is 5.75 Å². The van der Waals surface area contributed by atoms with Crippen molar-refractivity contribution in [2.45, 2.75) is 33.6 Å². The quantitative estimate of drug-likeness (QED) is 0.590. The number of hydrogen-bond acceptors (Lipinski definition) is 3. The Labute approximate surface area is 146 Å². The molecule has 0 aliphatic rings. The van der Waals surface area contributed by atoms with Crippen molar-refractivity contribution in [1.29, 1.82) is 0 Å². The van der Waals surface area contributed by atoms with Gasteiger partial charge in [-0.05, 0) is 42.5 Å². The first-order valence-electron chi connectivity index (χ1n) is 7.90. The first-order chi connectivity index (χ1) is 11.4. The maximum Gasteiger partial charge on any atom is 0.280 e. The molecule has 0 amide bonds. The highest BCUT2D eigenvalue weighted by atomic mass is 35.5. The summed E-state index contributed by atoms with van der Waals surface area (Å²) in [6.07, 6.45) is -0.216. The molecule has 0 aliphatic heterocycles. The Kier molecular flexibility index (Phi) is 6.49. The highest BCUT2D eigenvalue weighted by Crippen LogP contribution is 2.29. The average molecular weight is 355 g/mol. The van der Waals surface area contributed by atoms with Gasteiger partial charge in [-0.2, -0.15) is 0 Å². The van der Waals surface area contributed by atoms with E-state index >= 15 is 0 Å². The number of aromatic nitrogens is 2. The fraction of sp³-hybridized carbons (Fsp3) is 0.444. The third-order valence-electron chi connectivity index (χ3n) is 3.51. The van der Waals surface area contributed by atoms with Crippen LogP contribution in [-0.2, 0) is 0 Å². The first kappa shape index (κ1) is 18.6. The summed E-state index contributed by atoms with van der Waals surface area (Å²) in [5, 5.41) is 0.222. The van der Waals surface area contributed by atoms with Crippen molar-refractivity contribution in [3.8, 4) is 17.0 Å². The molecule has 2 heterocycles. The second-order valence-corrected chi connectivity index (χ2v) is 6.66. The van der Waals surface area contributed by atoms with E-state index in [9.17, 15) is 8.78 Å². The predicted octanol–water partition coefficient (Wildman–Crippen LogP) is 5.80. The summed E-state index contributed by atoms with van der Waals surface area (Å²) < 4.78 is 31.2.